The lowest BCUT2D eigenvalue weighted by Crippen LogP contribution is -2.05. The highest BCUT2D eigenvalue weighted by Gasteiger charge is 2.25. The molecule has 0 nitrogen and oxygen atoms in total. The summed E-state index contributed by atoms with van der Waals surface area (Å²) in [5, 5.41) is 0. The Morgan fingerprint density at radius 3 is 2.62 bits per heavy atom. The number of alkyl halides is 1. The lowest BCUT2D eigenvalue weighted by atomic mass is 9.97. The molecule has 0 radical (unpaired) electrons. The average molecular weight is 354 g/mol. The smallest absolute Gasteiger partial charge is 0.143 e. The fourth-order valence-electron chi connectivity index (χ4n) is 2.24. The van der Waals surface area contributed by atoms with E-state index < -0.39 is 11.6 Å². The normalized spacial score (nSPS) is 25.0. The van der Waals surface area contributed by atoms with Gasteiger partial charge in [0.25, 0.3) is 0 Å². The van der Waals surface area contributed by atoms with E-state index in [4.69, 9.17) is 0 Å². The van der Waals surface area contributed by atoms with Gasteiger partial charge in [0.15, 0.2) is 0 Å². The zero-order valence-electron chi connectivity index (χ0n) is 8.65. The van der Waals surface area contributed by atoms with Gasteiger partial charge in [0.1, 0.15) is 11.6 Å². The largest absolute Gasteiger partial charge is 0.207 e. The van der Waals surface area contributed by atoms with Gasteiger partial charge >= 0.3 is 0 Å². The molecule has 88 valence electrons. The molecule has 0 spiro atoms. The van der Waals surface area contributed by atoms with Gasteiger partial charge in [-0.25, -0.2) is 8.78 Å². The SMILES string of the molecule is Fc1ccc(Br)c(F)c1CC1CCC(Br)C1. The Hall–Kier alpha value is 0.0400. The van der Waals surface area contributed by atoms with Gasteiger partial charge in [0.05, 0.1) is 4.47 Å². The maximum absolute atomic E-state index is 13.7. The molecule has 0 aliphatic heterocycles. The first-order valence-corrected chi connectivity index (χ1v) is 7.05. The predicted octanol–water partition coefficient (Wildman–Crippen LogP) is 4.83. The van der Waals surface area contributed by atoms with Crippen LogP contribution in [0.3, 0.4) is 0 Å². The number of benzene rings is 1. The van der Waals surface area contributed by atoms with Crippen molar-refractivity contribution >= 4 is 31.9 Å². The molecule has 1 aromatic rings. The molecule has 2 unspecified atom stereocenters. The Morgan fingerprint density at radius 2 is 2.00 bits per heavy atom. The van der Waals surface area contributed by atoms with Crippen molar-refractivity contribution < 1.29 is 8.78 Å². The van der Waals surface area contributed by atoms with E-state index in [-0.39, 0.29) is 5.56 Å². The van der Waals surface area contributed by atoms with Crippen molar-refractivity contribution in [3.05, 3.63) is 33.8 Å². The molecule has 1 aromatic carbocycles. The van der Waals surface area contributed by atoms with Gasteiger partial charge in [-0.2, -0.15) is 0 Å². The third-order valence-electron chi connectivity index (χ3n) is 3.11. The first-order valence-electron chi connectivity index (χ1n) is 5.34. The van der Waals surface area contributed by atoms with Crippen LogP contribution in [0.25, 0.3) is 0 Å². The average Bonchev–Trinajstić information content (AvgIpc) is 2.65. The van der Waals surface area contributed by atoms with Gasteiger partial charge in [-0.1, -0.05) is 15.9 Å². The molecule has 0 amide bonds. The van der Waals surface area contributed by atoms with Gasteiger partial charge in [-0.3, -0.25) is 0 Å². The van der Waals surface area contributed by atoms with Crippen LogP contribution in [-0.4, -0.2) is 4.83 Å². The predicted molar refractivity (Wildman–Crippen MR) is 67.8 cm³/mol. The van der Waals surface area contributed by atoms with Crippen LogP contribution in [0.5, 0.6) is 0 Å². The standard InChI is InChI=1S/C12H12Br2F2/c13-8-2-1-7(5-8)6-9-11(15)4-3-10(14)12(9)16/h3-4,7-8H,1-2,5-6H2. The zero-order chi connectivity index (χ0) is 11.7. The molecule has 0 aromatic heterocycles. The number of rotatable bonds is 2. The maximum Gasteiger partial charge on any atom is 0.143 e. The molecule has 0 saturated heterocycles. The van der Waals surface area contributed by atoms with E-state index in [9.17, 15) is 8.78 Å². The van der Waals surface area contributed by atoms with Crippen LogP contribution in [0.1, 0.15) is 24.8 Å². The summed E-state index contributed by atoms with van der Waals surface area (Å²) in [4.78, 5) is 0.510. The molecule has 2 rings (SSSR count). The number of halogens is 4. The second kappa shape index (κ2) is 5.13. The van der Waals surface area contributed by atoms with Crippen molar-refractivity contribution in [1.29, 1.82) is 0 Å². The van der Waals surface area contributed by atoms with Crippen molar-refractivity contribution in [2.75, 3.05) is 0 Å². The first kappa shape index (κ1) is 12.5. The summed E-state index contributed by atoms with van der Waals surface area (Å²) in [7, 11) is 0. The Labute approximate surface area is 111 Å². The number of hydrogen-bond donors (Lipinski definition) is 0. The third kappa shape index (κ3) is 2.65. The summed E-state index contributed by atoms with van der Waals surface area (Å²) in [6.45, 7) is 0. The van der Waals surface area contributed by atoms with E-state index in [0.29, 0.717) is 21.6 Å². The van der Waals surface area contributed by atoms with Gasteiger partial charge in [-0.05, 0) is 59.7 Å². The van der Waals surface area contributed by atoms with E-state index in [1.807, 2.05) is 0 Å². The highest BCUT2D eigenvalue weighted by atomic mass is 79.9. The summed E-state index contributed by atoms with van der Waals surface area (Å²) < 4.78 is 27.6. The molecular formula is C12H12Br2F2. The van der Waals surface area contributed by atoms with E-state index in [1.54, 1.807) is 0 Å². The van der Waals surface area contributed by atoms with Crippen LogP contribution >= 0.6 is 31.9 Å². The number of hydrogen-bond acceptors (Lipinski definition) is 0. The maximum atomic E-state index is 13.7. The second-order valence-corrected chi connectivity index (χ2v) is 6.45. The Bertz CT molecular complexity index is 393. The fourth-order valence-corrected chi connectivity index (χ4v) is 3.41. The van der Waals surface area contributed by atoms with Gasteiger partial charge in [0.2, 0.25) is 0 Å². The molecule has 1 fully saturated rings. The van der Waals surface area contributed by atoms with Crippen molar-refractivity contribution in [3.63, 3.8) is 0 Å². The molecule has 0 N–H and O–H groups in total. The van der Waals surface area contributed by atoms with Crippen molar-refractivity contribution in [1.82, 2.24) is 0 Å². The molecule has 2 atom stereocenters. The van der Waals surface area contributed by atoms with Gasteiger partial charge in [0, 0.05) is 10.4 Å². The van der Waals surface area contributed by atoms with E-state index in [0.717, 1.165) is 19.3 Å². The van der Waals surface area contributed by atoms with Crippen molar-refractivity contribution in [2.45, 2.75) is 30.5 Å². The Kier molecular flexibility index (Phi) is 4.01. The third-order valence-corrected chi connectivity index (χ3v) is 4.55. The molecule has 0 bridgehead atoms. The summed E-state index contributed by atoms with van der Waals surface area (Å²) in [5.74, 6) is -0.487. The van der Waals surface area contributed by atoms with Crippen LogP contribution < -0.4 is 0 Å². The van der Waals surface area contributed by atoms with Crippen LogP contribution in [0, 0.1) is 17.6 Å². The zero-order valence-corrected chi connectivity index (χ0v) is 11.8. The minimum Gasteiger partial charge on any atom is -0.207 e. The van der Waals surface area contributed by atoms with Gasteiger partial charge in [-0.15, -0.1) is 0 Å². The quantitative estimate of drug-likeness (QED) is 0.527. The van der Waals surface area contributed by atoms with Crippen LogP contribution in [0.2, 0.25) is 0 Å². The molecule has 4 heteroatoms. The summed E-state index contributed by atoms with van der Waals surface area (Å²) in [5.41, 5.74) is 0.223. The van der Waals surface area contributed by atoms with Crippen molar-refractivity contribution in [3.8, 4) is 0 Å². The topological polar surface area (TPSA) is 0 Å². The summed E-state index contributed by atoms with van der Waals surface area (Å²) in [6.07, 6.45) is 3.65. The Balaban J connectivity index is 2.18. The molecule has 1 saturated carbocycles. The lowest BCUT2D eigenvalue weighted by Gasteiger charge is -2.11. The first-order chi connectivity index (χ1) is 7.58. The second-order valence-electron chi connectivity index (χ2n) is 4.30. The Morgan fingerprint density at radius 1 is 1.25 bits per heavy atom. The van der Waals surface area contributed by atoms with Crippen molar-refractivity contribution in [2.24, 2.45) is 5.92 Å². The van der Waals surface area contributed by atoms with Crippen LogP contribution in [-0.2, 0) is 6.42 Å². The van der Waals surface area contributed by atoms with Crippen LogP contribution in [0.15, 0.2) is 16.6 Å². The minimum absolute atomic E-state index is 0.223. The monoisotopic (exact) mass is 352 g/mol. The molecular weight excluding hydrogens is 342 g/mol. The van der Waals surface area contributed by atoms with E-state index in [2.05, 4.69) is 31.9 Å². The van der Waals surface area contributed by atoms with E-state index in [1.165, 1.54) is 12.1 Å². The van der Waals surface area contributed by atoms with Crippen LogP contribution in [0.4, 0.5) is 8.78 Å². The molecule has 1 aliphatic carbocycles. The fraction of sp³-hybridized carbons (Fsp3) is 0.500. The van der Waals surface area contributed by atoms with E-state index >= 15 is 0 Å². The lowest BCUT2D eigenvalue weighted by molar-refractivity contribution is 0.490. The highest BCUT2D eigenvalue weighted by Crippen LogP contribution is 2.34. The minimum atomic E-state index is -0.446. The summed E-state index contributed by atoms with van der Waals surface area (Å²) in [6, 6.07) is 2.74. The highest BCUT2D eigenvalue weighted by molar-refractivity contribution is 9.10. The molecule has 16 heavy (non-hydrogen) atoms. The molecule has 1 aliphatic rings. The molecule has 0 heterocycles. The summed E-state index contributed by atoms with van der Waals surface area (Å²) >= 11 is 6.64. The van der Waals surface area contributed by atoms with Gasteiger partial charge < -0.3 is 0 Å².